The summed E-state index contributed by atoms with van der Waals surface area (Å²) in [6.07, 6.45) is 0.777. The molecular weight excluding hydrogens is 306 g/mol. The molecule has 0 aliphatic heterocycles. The Morgan fingerprint density at radius 1 is 0.760 bits per heavy atom. The summed E-state index contributed by atoms with van der Waals surface area (Å²) < 4.78 is 2.25. The van der Waals surface area contributed by atoms with Gasteiger partial charge in [0.15, 0.2) is 0 Å². The van der Waals surface area contributed by atoms with Crippen LogP contribution in [0.4, 0.5) is 0 Å². The van der Waals surface area contributed by atoms with E-state index in [1.54, 1.807) is 0 Å². The van der Waals surface area contributed by atoms with Gasteiger partial charge in [0.25, 0.3) is 0 Å². The maximum atomic E-state index is 6.56. The molecule has 1 atom stereocenters. The molecule has 1 heterocycles. The first-order chi connectivity index (χ1) is 12.3. The summed E-state index contributed by atoms with van der Waals surface area (Å²) in [5.74, 6) is 0.939. The number of hydrogen-bond acceptors (Lipinski definition) is 2. The summed E-state index contributed by atoms with van der Waals surface area (Å²) in [5, 5.41) is 0. The van der Waals surface area contributed by atoms with E-state index in [4.69, 9.17) is 10.7 Å². The van der Waals surface area contributed by atoms with Crippen molar-refractivity contribution in [2.24, 2.45) is 5.73 Å². The zero-order chi connectivity index (χ0) is 17.1. The number of nitrogens with two attached hydrogens (primary N) is 1. The number of benzene rings is 3. The number of hydrogen-bond donors (Lipinski definition) is 1. The number of nitrogens with zero attached hydrogens (tertiary/aromatic N) is 2. The third kappa shape index (κ3) is 3.32. The van der Waals surface area contributed by atoms with Gasteiger partial charge in [-0.15, -0.1) is 0 Å². The van der Waals surface area contributed by atoms with Crippen molar-refractivity contribution < 1.29 is 0 Å². The molecule has 3 heteroatoms. The predicted octanol–water partition coefficient (Wildman–Crippen LogP) is 4.33. The van der Waals surface area contributed by atoms with Crippen molar-refractivity contribution in [2.75, 3.05) is 0 Å². The van der Waals surface area contributed by atoms with Gasteiger partial charge in [-0.1, -0.05) is 72.8 Å². The summed E-state index contributed by atoms with van der Waals surface area (Å²) in [6, 6.07) is 28.9. The molecule has 3 nitrogen and oxygen atoms in total. The summed E-state index contributed by atoms with van der Waals surface area (Å²) in [5.41, 5.74) is 11.2. The van der Waals surface area contributed by atoms with Gasteiger partial charge < -0.3 is 10.3 Å². The molecule has 0 radical (unpaired) electrons. The topological polar surface area (TPSA) is 43.8 Å². The average molecular weight is 327 g/mol. The molecule has 0 spiro atoms. The van der Waals surface area contributed by atoms with Gasteiger partial charge in [0.2, 0.25) is 0 Å². The van der Waals surface area contributed by atoms with E-state index in [-0.39, 0.29) is 6.04 Å². The van der Waals surface area contributed by atoms with Crippen molar-refractivity contribution in [3.8, 4) is 0 Å². The van der Waals surface area contributed by atoms with Gasteiger partial charge in [0, 0.05) is 6.54 Å². The molecule has 2 N–H and O–H groups in total. The van der Waals surface area contributed by atoms with Crippen molar-refractivity contribution in [3.63, 3.8) is 0 Å². The predicted molar refractivity (Wildman–Crippen MR) is 102 cm³/mol. The number of imidazole rings is 1. The fourth-order valence-electron chi connectivity index (χ4n) is 3.27. The molecule has 3 aromatic carbocycles. The highest BCUT2D eigenvalue weighted by Gasteiger charge is 2.17. The van der Waals surface area contributed by atoms with Crippen LogP contribution in [0.15, 0.2) is 84.9 Å². The Morgan fingerprint density at radius 3 is 2.08 bits per heavy atom. The molecule has 25 heavy (non-hydrogen) atoms. The zero-order valence-electron chi connectivity index (χ0n) is 14.0. The van der Waals surface area contributed by atoms with Crippen molar-refractivity contribution in [1.29, 1.82) is 0 Å². The van der Waals surface area contributed by atoms with Gasteiger partial charge in [-0.05, 0) is 29.7 Å². The highest BCUT2D eigenvalue weighted by atomic mass is 15.1. The lowest BCUT2D eigenvalue weighted by molar-refractivity contribution is 0.618. The first-order valence-electron chi connectivity index (χ1n) is 8.60. The van der Waals surface area contributed by atoms with E-state index in [1.165, 1.54) is 11.1 Å². The van der Waals surface area contributed by atoms with Crippen LogP contribution in [0.25, 0.3) is 11.0 Å². The molecule has 0 amide bonds. The third-order valence-corrected chi connectivity index (χ3v) is 4.50. The minimum absolute atomic E-state index is 0.140. The minimum atomic E-state index is -0.140. The first kappa shape index (κ1) is 15.6. The lowest BCUT2D eigenvalue weighted by Crippen LogP contribution is -2.19. The highest BCUT2D eigenvalue weighted by molar-refractivity contribution is 5.76. The van der Waals surface area contributed by atoms with E-state index >= 15 is 0 Å². The second-order valence-electron chi connectivity index (χ2n) is 6.33. The smallest absolute Gasteiger partial charge is 0.127 e. The quantitative estimate of drug-likeness (QED) is 0.593. The SMILES string of the molecule is NC(Cc1ccccc1)c1nc2ccccc2n1Cc1ccccc1. The Morgan fingerprint density at radius 2 is 1.36 bits per heavy atom. The van der Waals surface area contributed by atoms with Gasteiger partial charge >= 0.3 is 0 Å². The number of aromatic nitrogens is 2. The summed E-state index contributed by atoms with van der Waals surface area (Å²) in [7, 11) is 0. The second-order valence-corrected chi connectivity index (χ2v) is 6.33. The highest BCUT2D eigenvalue weighted by Crippen LogP contribution is 2.23. The van der Waals surface area contributed by atoms with Crippen LogP contribution in [0.5, 0.6) is 0 Å². The van der Waals surface area contributed by atoms with Gasteiger partial charge in [0.1, 0.15) is 5.82 Å². The standard InChI is InChI=1S/C22H21N3/c23-19(15-17-9-3-1-4-10-17)22-24-20-13-7-8-14-21(20)25(22)16-18-11-5-2-6-12-18/h1-14,19H,15-16,23H2. The number of rotatable bonds is 5. The van der Waals surface area contributed by atoms with Crippen LogP contribution in [0.3, 0.4) is 0 Å². The van der Waals surface area contributed by atoms with Crippen LogP contribution in [0, 0.1) is 0 Å². The summed E-state index contributed by atoms with van der Waals surface area (Å²) in [6.45, 7) is 0.777. The van der Waals surface area contributed by atoms with Crippen molar-refractivity contribution in [1.82, 2.24) is 9.55 Å². The number of para-hydroxylation sites is 2. The van der Waals surface area contributed by atoms with E-state index in [9.17, 15) is 0 Å². The van der Waals surface area contributed by atoms with Crippen molar-refractivity contribution in [3.05, 3.63) is 102 Å². The van der Waals surface area contributed by atoms with Crippen LogP contribution in [-0.4, -0.2) is 9.55 Å². The van der Waals surface area contributed by atoms with E-state index in [1.807, 2.05) is 18.2 Å². The van der Waals surface area contributed by atoms with E-state index in [2.05, 4.69) is 71.3 Å². The van der Waals surface area contributed by atoms with Crippen LogP contribution in [-0.2, 0) is 13.0 Å². The Balaban J connectivity index is 1.73. The van der Waals surface area contributed by atoms with E-state index in [0.717, 1.165) is 29.8 Å². The molecule has 124 valence electrons. The van der Waals surface area contributed by atoms with E-state index in [0.29, 0.717) is 0 Å². The maximum Gasteiger partial charge on any atom is 0.127 e. The molecule has 4 aromatic rings. The monoisotopic (exact) mass is 327 g/mol. The molecular formula is C22H21N3. The molecule has 0 bridgehead atoms. The van der Waals surface area contributed by atoms with Gasteiger partial charge in [-0.2, -0.15) is 0 Å². The molecule has 0 aliphatic carbocycles. The minimum Gasteiger partial charge on any atom is -0.322 e. The van der Waals surface area contributed by atoms with Crippen molar-refractivity contribution in [2.45, 2.75) is 19.0 Å². The van der Waals surface area contributed by atoms with Crippen LogP contribution >= 0.6 is 0 Å². The van der Waals surface area contributed by atoms with Crippen LogP contribution in [0.1, 0.15) is 23.0 Å². The largest absolute Gasteiger partial charge is 0.322 e. The molecule has 0 saturated heterocycles. The molecule has 0 fully saturated rings. The lowest BCUT2D eigenvalue weighted by Gasteiger charge is -2.15. The average Bonchev–Trinajstić information content (AvgIpc) is 3.02. The molecule has 0 aliphatic rings. The van der Waals surface area contributed by atoms with E-state index < -0.39 is 0 Å². The summed E-state index contributed by atoms with van der Waals surface area (Å²) >= 11 is 0. The van der Waals surface area contributed by atoms with Crippen LogP contribution < -0.4 is 5.73 Å². The Kier molecular flexibility index (Phi) is 4.32. The fourth-order valence-corrected chi connectivity index (χ4v) is 3.27. The molecule has 1 unspecified atom stereocenters. The zero-order valence-corrected chi connectivity index (χ0v) is 14.0. The first-order valence-corrected chi connectivity index (χ1v) is 8.60. The van der Waals surface area contributed by atoms with Crippen molar-refractivity contribution >= 4 is 11.0 Å². The Bertz CT molecular complexity index is 958. The Hall–Kier alpha value is -2.91. The van der Waals surface area contributed by atoms with Gasteiger partial charge in [-0.25, -0.2) is 4.98 Å². The third-order valence-electron chi connectivity index (χ3n) is 4.50. The fraction of sp³-hybridized carbons (Fsp3) is 0.136. The van der Waals surface area contributed by atoms with Gasteiger partial charge in [0.05, 0.1) is 17.1 Å². The normalized spacial score (nSPS) is 12.4. The van der Waals surface area contributed by atoms with Crippen LogP contribution in [0.2, 0.25) is 0 Å². The number of fused-ring (bicyclic) bond motifs is 1. The molecule has 0 saturated carbocycles. The van der Waals surface area contributed by atoms with Gasteiger partial charge in [-0.3, -0.25) is 0 Å². The molecule has 4 rings (SSSR count). The Labute approximate surface area is 147 Å². The maximum absolute atomic E-state index is 6.56. The summed E-state index contributed by atoms with van der Waals surface area (Å²) in [4.78, 5) is 4.84. The lowest BCUT2D eigenvalue weighted by atomic mass is 10.1. The second kappa shape index (κ2) is 6.91. The molecule has 1 aromatic heterocycles.